The molecule has 1 fully saturated rings. The number of anilines is 1. The maximum atomic E-state index is 13.1. The number of hydrogen-bond donors (Lipinski definition) is 2. The normalized spacial score (nSPS) is 18.3. The number of rotatable bonds is 9. The average Bonchev–Trinajstić information content (AvgIpc) is 3.09. The molecule has 2 unspecified atom stereocenters. The predicted octanol–water partition coefficient (Wildman–Crippen LogP) is 3.25. The van der Waals surface area contributed by atoms with Crippen molar-refractivity contribution in [3.63, 3.8) is 0 Å². The molecule has 2 atom stereocenters. The number of hydrogen-bond acceptors (Lipinski definition) is 6. The van der Waals surface area contributed by atoms with Crippen LogP contribution in [-0.4, -0.2) is 47.1 Å². The molecule has 2 aromatic carbocycles. The lowest BCUT2D eigenvalue weighted by molar-refractivity contribution is -0.150. The number of carbonyl (C=O) groups is 5. The largest absolute Gasteiger partial charge is 0.453 e. The first-order chi connectivity index (χ1) is 16.6. The van der Waals surface area contributed by atoms with Gasteiger partial charge in [-0.2, -0.15) is 0 Å². The number of urea groups is 1. The molecular weight excluding hydrogens is 450 g/mol. The average molecular weight is 480 g/mol. The highest BCUT2D eigenvalue weighted by molar-refractivity contribution is 6.09. The molecule has 3 rings (SSSR count). The number of nitrogens with zero attached hydrogens (tertiary/aromatic N) is 1. The molecular formula is C26H29N3O6. The highest BCUT2D eigenvalue weighted by Gasteiger charge is 2.51. The lowest BCUT2D eigenvalue weighted by atomic mass is 9.87. The summed E-state index contributed by atoms with van der Waals surface area (Å²) in [6, 6.07) is 14.3. The van der Waals surface area contributed by atoms with E-state index in [1.54, 1.807) is 63.2 Å². The van der Waals surface area contributed by atoms with Gasteiger partial charge < -0.3 is 15.4 Å². The van der Waals surface area contributed by atoms with Gasteiger partial charge in [-0.15, -0.1) is 0 Å². The van der Waals surface area contributed by atoms with Gasteiger partial charge in [0.1, 0.15) is 12.1 Å². The third kappa shape index (κ3) is 5.40. The van der Waals surface area contributed by atoms with Crippen molar-refractivity contribution in [3.8, 4) is 0 Å². The quantitative estimate of drug-likeness (QED) is 0.323. The summed E-state index contributed by atoms with van der Waals surface area (Å²) in [5.41, 5.74) is 0.193. The monoisotopic (exact) mass is 479 g/mol. The zero-order valence-electron chi connectivity index (χ0n) is 20.2. The minimum Gasteiger partial charge on any atom is -0.453 e. The van der Waals surface area contributed by atoms with Crippen LogP contribution in [0.1, 0.15) is 50.0 Å². The van der Waals surface area contributed by atoms with E-state index in [4.69, 9.17) is 4.74 Å². The SMILES string of the molecule is CCC1(c2ccccc2)NC(=O)N(CC(=O)OC(C)C(=O)c2ccc(NC(=O)C(C)C)cc2)C1=O. The summed E-state index contributed by atoms with van der Waals surface area (Å²) in [5.74, 6) is -2.22. The maximum Gasteiger partial charge on any atom is 0.326 e. The molecule has 0 saturated carbocycles. The van der Waals surface area contributed by atoms with Crippen molar-refractivity contribution in [1.29, 1.82) is 0 Å². The molecule has 1 aliphatic heterocycles. The van der Waals surface area contributed by atoms with E-state index in [1.165, 1.54) is 19.1 Å². The van der Waals surface area contributed by atoms with E-state index in [9.17, 15) is 24.0 Å². The third-order valence-corrected chi connectivity index (χ3v) is 5.90. The number of carbonyl (C=O) groups excluding carboxylic acids is 5. The summed E-state index contributed by atoms with van der Waals surface area (Å²) >= 11 is 0. The molecule has 1 aliphatic rings. The molecule has 1 heterocycles. The minimum atomic E-state index is -1.26. The van der Waals surface area contributed by atoms with Crippen molar-refractivity contribution in [2.24, 2.45) is 5.92 Å². The maximum absolute atomic E-state index is 13.1. The number of nitrogens with one attached hydrogen (secondary N) is 2. The number of ketones is 1. The highest BCUT2D eigenvalue weighted by Crippen LogP contribution is 2.32. The van der Waals surface area contributed by atoms with Gasteiger partial charge in [0, 0.05) is 17.2 Å². The number of ether oxygens (including phenoxy) is 1. The van der Waals surface area contributed by atoms with Gasteiger partial charge in [0.25, 0.3) is 5.91 Å². The molecule has 0 aliphatic carbocycles. The Morgan fingerprint density at radius 1 is 1.00 bits per heavy atom. The smallest absolute Gasteiger partial charge is 0.326 e. The fourth-order valence-electron chi connectivity index (χ4n) is 3.79. The Morgan fingerprint density at radius 2 is 1.63 bits per heavy atom. The second-order valence-corrected chi connectivity index (χ2v) is 8.66. The summed E-state index contributed by atoms with van der Waals surface area (Å²) in [6.07, 6.45) is -0.834. The summed E-state index contributed by atoms with van der Waals surface area (Å²) in [7, 11) is 0. The fourth-order valence-corrected chi connectivity index (χ4v) is 3.79. The van der Waals surface area contributed by atoms with Crippen molar-refractivity contribution < 1.29 is 28.7 Å². The second kappa shape index (κ2) is 10.5. The predicted molar refractivity (Wildman–Crippen MR) is 128 cm³/mol. The Morgan fingerprint density at radius 3 is 2.20 bits per heavy atom. The first-order valence-electron chi connectivity index (χ1n) is 11.4. The van der Waals surface area contributed by atoms with Gasteiger partial charge in [-0.3, -0.25) is 24.1 Å². The number of esters is 1. The Labute approximate surface area is 203 Å². The Balaban J connectivity index is 1.63. The van der Waals surface area contributed by atoms with Crippen LogP contribution in [0.15, 0.2) is 54.6 Å². The molecule has 9 nitrogen and oxygen atoms in total. The Bertz CT molecular complexity index is 1130. The van der Waals surface area contributed by atoms with E-state index in [2.05, 4.69) is 10.6 Å². The van der Waals surface area contributed by atoms with Crippen LogP contribution < -0.4 is 10.6 Å². The van der Waals surface area contributed by atoms with Crippen LogP contribution in [0, 0.1) is 5.92 Å². The van der Waals surface area contributed by atoms with Crippen molar-refractivity contribution in [2.75, 3.05) is 11.9 Å². The first-order valence-corrected chi connectivity index (χ1v) is 11.4. The molecule has 9 heteroatoms. The zero-order valence-corrected chi connectivity index (χ0v) is 20.2. The summed E-state index contributed by atoms with van der Waals surface area (Å²) in [6.45, 7) is 6.12. The highest BCUT2D eigenvalue weighted by atomic mass is 16.5. The van der Waals surface area contributed by atoms with E-state index >= 15 is 0 Å². The van der Waals surface area contributed by atoms with Gasteiger partial charge in [0.05, 0.1) is 0 Å². The van der Waals surface area contributed by atoms with E-state index in [1.807, 2.05) is 0 Å². The lowest BCUT2D eigenvalue weighted by Gasteiger charge is -2.25. The molecule has 0 aromatic heterocycles. The van der Waals surface area contributed by atoms with Crippen molar-refractivity contribution in [3.05, 3.63) is 65.7 Å². The van der Waals surface area contributed by atoms with Gasteiger partial charge in [0.2, 0.25) is 11.7 Å². The van der Waals surface area contributed by atoms with Gasteiger partial charge in [-0.1, -0.05) is 51.1 Å². The number of amides is 4. The lowest BCUT2D eigenvalue weighted by Crippen LogP contribution is -2.44. The van der Waals surface area contributed by atoms with Gasteiger partial charge in [-0.05, 0) is 43.2 Å². The fraction of sp³-hybridized carbons (Fsp3) is 0.346. The molecule has 1 saturated heterocycles. The summed E-state index contributed by atoms with van der Waals surface area (Å²) < 4.78 is 5.23. The van der Waals surface area contributed by atoms with Crippen LogP contribution in [0.5, 0.6) is 0 Å². The molecule has 2 aromatic rings. The molecule has 0 radical (unpaired) electrons. The molecule has 0 bridgehead atoms. The molecule has 184 valence electrons. The van der Waals surface area contributed by atoms with Crippen molar-refractivity contribution >= 4 is 35.3 Å². The van der Waals surface area contributed by atoms with E-state index in [0.29, 0.717) is 17.7 Å². The third-order valence-electron chi connectivity index (χ3n) is 5.90. The topological polar surface area (TPSA) is 122 Å². The Kier molecular flexibility index (Phi) is 7.68. The molecule has 0 spiro atoms. The second-order valence-electron chi connectivity index (χ2n) is 8.66. The van der Waals surface area contributed by atoms with Gasteiger partial charge in [0.15, 0.2) is 6.10 Å². The van der Waals surface area contributed by atoms with Crippen molar-refractivity contribution in [2.45, 2.75) is 45.8 Å². The van der Waals surface area contributed by atoms with Crippen LogP contribution in [0.25, 0.3) is 0 Å². The standard InChI is InChI=1S/C26H29N3O6/c1-5-26(19-9-7-6-8-10-19)24(33)29(25(34)28-26)15-21(30)35-17(4)22(31)18-11-13-20(14-12-18)27-23(32)16(2)3/h6-14,16-17H,5,15H2,1-4H3,(H,27,32)(H,28,34). The summed E-state index contributed by atoms with van der Waals surface area (Å²) in [4.78, 5) is 63.5. The van der Waals surface area contributed by atoms with Gasteiger partial charge in [-0.25, -0.2) is 4.79 Å². The number of imide groups is 1. The molecule has 4 amide bonds. The molecule has 35 heavy (non-hydrogen) atoms. The number of Topliss-reactive ketones (excluding diaryl/α,β-unsaturated/α-hetero) is 1. The first kappa shape index (κ1) is 25.6. The molecule has 2 N–H and O–H groups in total. The van der Waals surface area contributed by atoms with Crippen LogP contribution in [0.4, 0.5) is 10.5 Å². The van der Waals surface area contributed by atoms with Crippen molar-refractivity contribution in [1.82, 2.24) is 10.2 Å². The number of benzene rings is 2. The van der Waals surface area contributed by atoms with Crippen LogP contribution in [0.3, 0.4) is 0 Å². The van der Waals surface area contributed by atoms with Crippen LogP contribution in [0.2, 0.25) is 0 Å². The summed E-state index contributed by atoms with van der Waals surface area (Å²) in [5, 5.41) is 5.43. The van der Waals surface area contributed by atoms with Crippen LogP contribution >= 0.6 is 0 Å². The van der Waals surface area contributed by atoms with E-state index < -0.39 is 41.9 Å². The zero-order chi connectivity index (χ0) is 25.8. The van der Waals surface area contributed by atoms with Gasteiger partial charge >= 0.3 is 12.0 Å². The van der Waals surface area contributed by atoms with Crippen LogP contribution in [-0.2, 0) is 24.7 Å². The van der Waals surface area contributed by atoms with E-state index in [0.717, 1.165) is 4.90 Å². The Hall–Kier alpha value is -4.01. The van der Waals surface area contributed by atoms with E-state index in [-0.39, 0.29) is 17.4 Å². The minimum absolute atomic E-state index is 0.147.